The second-order valence-electron chi connectivity index (χ2n) is 4.83. The molecule has 0 aliphatic heterocycles. The van der Waals surface area contributed by atoms with Gasteiger partial charge in [0, 0.05) is 12.2 Å². The number of aryl methyl sites for hydroxylation is 1. The van der Waals surface area contributed by atoms with Crippen molar-refractivity contribution in [3.8, 4) is 0 Å². The number of hydrogen-bond donors (Lipinski definition) is 1. The molecule has 0 spiro atoms. The van der Waals surface area contributed by atoms with E-state index in [1.165, 1.54) is 25.7 Å². The molecule has 3 nitrogen and oxygen atoms in total. The lowest BCUT2D eigenvalue weighted by Gasteiger charge is -2.18. The predicted molar refractivity (Wildman–Crippen MR) is 59.6 cm³/mol. The Hall–Kier alpha value is -1.12. The minimum Gasteiger partial charge on any atom is -0.367 e. The SMILES string of the molecule is Cc1nccc(NC(C2CC2)C2CC2)n1. The van der Waals surface area contributed by atoms with Gasteiger partial charge in [0.25, 0.3) is 0 Å². The van der Waals surface area contributed by atoms with Crippen molar-refractivity contribution >= 4 is 5.82 Å². The largest absolute Gasteiger partial charge is 0.367 e. The van der Waals surface area contributed by atoms with Crippen molar-refractivity contribution in [1.29, 1.82) is 0 Å². The lowest BCUT2D eigenvalue weighted by Crippen LogP contribution is -2.24. The van der Waals surface area contributed by atoms with E-state index in [0.29, 0.717) is 6.04 Å². The molecule has 2 saturated carbocycles. The molecule has 0 amide bonds. The summed E-state index contributed by atoms with van der Waals surface area (Å²) < 4.78 is 0. The van der Waals surface area contributed by atoms with Crippen LogP contribution in [-0.4, -0.2) is 16.0 Å². The smallest absolute Gasteiger partial charge is 0.129 e. The van der Waals surface area contributed by atoms with Crippen LogP contribution in [0.15, 0.2) is 12.3 Å². The molecule has 1 N–H and O–H groups in total. The van der Waals surface area contributed by atoms with Crippen molar-refractivity contribution in [3.05, 3.63) is 18.1 Å². The molecule has 3 rings (SSSR count). The number of nitrogens with one attached hydrogen (secondary N) is 1. The standard InChI is InChI=1S/C12H17N3/c1-8-13-7-6-11(14-8)15-12(9-2-3-9)10-4-5-10/h6-7,9-10,12H,2-5H2,1H3,(H,13,14,15). The fourth-order valence-corrected chi connectivity index (χ4v) is 2.24. The second-order valence-corrected chi connectivity index (χ2v) is 4.83. The van der Waals surface area contributed by atoms with E-state index >= 15 is 0 Å². The molecule has 15 heavy (non-hydrogen) atoms. The number of nitrogens with zero attached hydrogens (tertiary/aromatic N) is 2. The Bertz CT molecular complexity index is 344. The Balaban J connectivity index is 1.71. The Morgan fingerprint density at radius 3 is 2.47 bits per heavy atom. The molecule has 3 heteroatoms. The summed E-state index contributed by atoms with van der Waals surface area (Å²) in [5.74, 6) is 3.68. The molecule has 1 heterocycles. The lowest BCUT2D eigenvalue weighted by molar-refractivity contribution is 0.565. The van der Waals surface area contributed by atoms with E-state index in [1.54, 1.807) is 0 Å². The zero-order valence-corrected chi connectivity index (χ0v) is 9.11. The first-order valence-corrected chi connectivity index (χ1v) is 5.89. The van der Waals surface area contributed by atoms with Gasteiger partial charge < -0.3 is 5.32 Å². The highest BCUT2D eigenvalue weighted by molar-refractivity contribution is 5.35. The van der Waals surface area contributed by atoms with Gasteiger partial charge in [-0.1, -0.05) is 0 Å². The molecule has 0 saturated heterocycles. The average Bonchev–Trinajstić information content (AvgIpc) is 3.07. The molecule has 2 aliphatic carbocycles. The van der Waals surface area contributed by atoms with Gasteiger partial charge in [-0.15, -0.1) is 0 Å². The monoisotopic (exact) mass is 203 g/mol. The molecule has 0 aromatic carbocycles. The second kappa shape index (κ2) is 3.47. The van der Waals surface area contributed by atoms with Gasteiger partial charge >= 0.3 is 0 Å². The van der Waals surface area contributed by atoms with Gasteiger partial charge in [-0.25, -0.2) is 9.97 Å². The Kier molecular flexibility index (Phi) is 2.11. The third-order valence-electron chi connectivity index (χ3n) is 3.35. The van der Waals surface area contributed by atoms with Crippen molar-refractivity contribution in [2.24, 2.45) is 11.8 Å². The van der Waals surface area contributed by atoms with Crippen LogP contribution in [0.25, 0.3) is 0 Å². The van der Waals surface area contributed by atoms with Gasteiger partial charge in [-0.3, -0.25) is 0 Å². The minimum atomic E-state index is 0.680. The van der Waals surface area contributed by atoms with E-state index in [0.717, 1.165) is 23.5 Å². The van der Waals surface area contributed by atoms with Crippen molar-refractivity contribution in [2.75, 3.05) is 5.32 Å². The zero-order chi connectivity index (χ0) is 10.3. The summed E-state index contributed by atoms with van der Waals surface area (Å²) in [4.78, 5) is 8.53. The minimum absolute atomic E-state index is 0.680. The molecular weight excluding hydrogens is 186 g/mol. The molecule has 1 aromatic rings. The molecule has 80 valence electrons. The molecule has 1 aromatic heterocycles. The fourth-order valence-electron chi connectivity index (χ4n) is 2.24. The number of hydrogen-bond acceptors (Lipinski definition) is 3. The van der Waals surface area contributed by atoms with E-state index in [1.807, 2.05) is 19.2 Å². The molecule has 0 atom stereocenters. The van der Waals surface area contributed by atoms with Crippen LogP contribution in [-0.2, 0) is 0 Å². The first kappa shape index (κ1) is 9.13. The van der Waals surface area contributed by atoms with Crippen LogP contribution in [0.4, 0.5) is 5.82 Å². The molecule has 2 fully saturated rings. The van der Waals surface area contributed by atoms with Crippen molar-refractivity contribution in [3.63, 3.8) is 0 Å². The van der Waals surface area contributed by atoms with Crippen LogP contribution in [0.1, 0.15) is 31.5 Å². The summed E-state index contributed by atoms with van der Waals surface area (Å²) in [7, 11) is 0. The highest BCUT2D eigenvalue weighted by Gasteiger charge is 2.41. The zero-order valence-electron chi connectivity index (χ0n) is 9.11. The van der Waals surface area contributed by atoms with Crippen LogP contribution in [0.3, 0.4) is 0 Å². The summed E-state index contributed by atoms with van der Waals surface area (Å²) in [6.45, 7) is 1.94. The van der Waals surface area contributed by atoms with Crippen LogP contribution in [0, 0.1) is 18.8 Å². The van der Waals surface area contributed by atoms with E-state index in [2.05, 4.69) is 15.3 Å². The van der Waals surface area contributed by atoms with Crippen LogP contribution in [0.5, 0.6) is 0 Å². The van der Waals surface area contributed by atoms with E-state index in [9.17, 15) is 0 Å². The topological polar surface area (TPSA) is 37.8 Å². The molecule has 2 aliphatic rings. The van der Waals surface area contributed by atoms with Crippen molar-refractivity contribution in [1.82, 2.24) is 9.97 Å². The third-order valence-corrected chi connectivity index (χ3v) is 3.35. The maximum atomic E-state index is 4.41. The van der Waals surface area contributed by atoms with Crippen LogP contribution in [0.2, 0.25) is 0 Å². The van der Waals surface area contributed by atoms with Crippen LogP contribution < -0.4 is 5.32 Å². The summed E-state index contributed by atoms with van der Waals surface area (Å²) in [5, 5.41) is 3.59. The van der Waals surface area contributed by atoms with Crippen molar-refractivity contribution in [2.45, 2.75) is 38.6 Å². The Morgan fingerprint density at radius 2 is 1.93 bits per heavy atom. The molecule has 0 bridgehead atoms. The van der Waals surface area contributed by atoms with Gasteiger partial charge in [-0.05, 0) is 50.5 Å². The summed E-state index contributed by atoms with van der Waals surface area (Å²) in [6.07, 6.45) is 7.44. The number of aromatic nitrogens is 2. The first-order chi connectivity index (χ1) is 7.33. The highest BCUT2D eigenvalue weighted by Crippen LogP contribution is 2.45. The summed E-state index contributed by atoms with van der Waals surface area (Å²) >= 11 is 0. The van der Waals surface area contributed by atoms with E-state index in [4.69, 9.17) is 0 Å². The Labute approximate surface area is 90.3 Å². The predicted octanol–water partition coefficient (Wildman–Crippen LogP) is 2.39. The van der Waals surface area contributed by atoms with E-state index < -0.39 is 0 Å². The van der Waals surface area contributed by atoms with E-state index in [-0.39, 0.29) is 0 Å². The van der Waals surface area contributed by atoms with Gasteiger partial charge in [0.2, 0.25) is 0 Å². The average molecular weight is 203 g/mol. The molecular formula is C12H17N3. The molecule has 0 unspecified atom stereocenters. The normalized spacial score (nSPS) is 20.7. The lowest BCUT2D eigenvalue weighted by atomic mass is 10.1. The fraction of sp³-hybridized carbons (Fsp3) is 0.667. The maximum absolute atomic E-state index is 4.41. The van der Waals surface area contributed by atoms with Gasteiger partial charge in [0.15, 0.2) is 0 Å². The van der Waals surface area contributed by atoms with Gasteiger partial charge in [-0.2, -0.15) is 0 Å². The van der Waals surface area contributed by atoms with Crippen LogP contribution >= 0.6 is 0 Å². The third kappa shape index (κ3) is 2.11. The molecule has 0 radical (unpaired) electrons. The highest BCUT2D eigenvalue weighted by atomic mass is 15.1. The quantitative estimate of drug-likeness (QED) is 0.816. The first-order valence-electron chi connectivity index (χ1n) is 5.89. The summed E-state index contributed by atoms with van der Waals surface area (Å²) in [5.41, 5.74) is 0. The maximum Gasteiger partial charge on any atom is 0.129 e. The van der Waals surface area contributed by atoms with Crippen molar-refractivity contribution < 1.29 is 0 Å². The van der Waals surface area contributed by atoms with Gasteiger partial charge in [0.1, 0.15) is 11.6 Å². The van der Waals surface area contributed by atoms with Gasteiger partial charge in [0.05, 0.1) is 0 Å². The summed E-state index contributed by atoms with van der Waals surface area (Å²) in [6, 6.07) is 2.66. The number of rotatable bonds is 4. The Morgan fingerprint density at radius 1 is 1.27 bits per heavy atom. The number of anilines is 1.